The molecule has 1 unspecified atom stereocenters. The number of hydrogen-bond acceptors (Lipinski definition) is 3. The van der Waals surface area contributed by atoms with Gasteiger partial charge in [-0.2, -0.15) is 5.10 Å². The third-order valence-corrected chi connectivity index (χ3v) is 3.74. The fourth-order valence-corrected chi connectivity index (χ4v) is 2.35. The number of nitrogens with one attached hydrogen (secondary N) is 2. The largest absolute Gasteiger partial charge is 0.324 e. The Labute approximate surface area is 128 Å². The van der Waals surface area contributed by atoms with Crippen molar-refractivity contribution in [3.8, 4) is 0 Å². The Balaban J connectivity index is 1.74. The molecule has 3 rings (SSSR count). The number of carbonyl (C=O) groups is 1. The number of nitrogens with two attached hydrogens (primary N) is 1. The van der Waals surface area contributed by atoms with Gasteiger partial charge in [-0.05, 0) is 35.7 Å². The normalized spacial score (nSPS) is 12.3. The van der Waals surface area contributed by atoms with Crippen molar-refractivity contribution < 1.29 is 4.79 Å². The number of amides is 1. The lowest BCUT2D eigenvalue weighted by Gasteiger charge is -2.13. The van der Waals surface area contributed by atoms with Gasteiger partial charge in [0.2, 0.25) is 5.91 Å². The molecule has 1 atom stereocenters. The minimum atomic E-state index is -0.689. The summed E-state index contributed by atoms with van der Waals surface area (Å²) in [5.41, 5.74) is 9.70. The summed E-state index contributed by atoms with van der Waals surface area (Å²) in [7, 11) is 0. The maximum absolute atomic E-state index is 12.3. The molecule has 0 aliphatic rings. The molecule has 1 heterocycles. The average molecular weight is 294 g/mol. The monoisotopic (exact) mass is 294 g/mol. The Morgan fingerprint density at radius 1 is 1.27 bits per heavy atom. The van der Waals surface area contributed by atoms with Crippen molar-refractivity contribution in [2.75, 3.05) is 5.32 Å². The quantitative estimate of drug-likeness (QED) is 0.692. The standard InChI is InChI=1S/C17H18N4O/c1-2-11-3-5-12(6-4-11)16(18)17(22)20-14-7-8-15-13(9-14)10-19-21-15/h3-10,16H,2,18H2,1H3,(H,19,21)(H,20,22). The number of fused-ring (bicyclic) bond motifs is 1. The number of nitrogens with zero attached hydrogens (tertiary/aromatic N) is 1. The number of benzene rings is 2. The number of hydrogen-bond donors (Lipinski definition) is 3. The van der Waals surface area contributed by atoms with Gasteiger partial charge in [0.25, 0.3) is 0 Å². The van der Waals surface area contributed by atoms with E-state index in [0.29, 0.717) is 5.69 Å². The molecule has 0 aliphatic heterocycles. The average Bonchev–Trinajstić information content (AvgIpc) is 3.02. The molecular weight excluding hydrogens is 276 g/mol. The van der Waals surface area contributed by atoms with Gasteiger partial charge in [-0.15, -0.1) is 0 Å². The second kappa shape index (κ2) is 5.99. The second-order valence-corrected chi connectivity index (χ2v) is 5.23. The minimum Gasteiger partial charge on any atom is -0.324 e. The summed E-state index contributed by atoms with van der Waals surface area (Å²) in [5.74, 6) is -0.230. The summed E-state index contributed by atoms with van der Waals surface area (Å²) in [6.45, 7) is 2.09. The summed E-state index contributed by atoms with van der Waals surface area (Å²) in [4.78, 5) is 12.3. The first-order chi connectivity index (χ1) is 10.7. The van der Waals surface area contributed by atoms with Gasteiger partial charge in [0.15, 0.2) is 0 Å². The van der Waals surface area contributed by atoms with Crippen LogP contribution in [0.2, 0.25) is 0 Å². The minimum absolute atomic E-state index is 0.230. The number of aryl methyl sites for hydroxylation is 1. The third-order valence-electron chi connectivity index (χ3n) is 3.74. The molecule has 22 heavy (non-hydrogen) atoms. The van der Waals surface area contributed by atoms with Crippen LogP contribution in [-0.4, -0.2) is 16.1 Å². The maximum atomic E-state index is 12.3. The van der Waals surface area contributed by atoms with E-state index in [-0.39, 0.29) is 5.91 Å². The molecular formula is C17H18N4O. The molecule has 0 bridgehead atoms. The highest BCUT2D eigenvalue weighted by Gasteiger charge is 2.16. The molecule has 5 nitrogen and oxygen atoms in total. The lowest BCUT2D eigenvalue weighted by Crippen LogP contribution is -2.27. The van der Waals surface area contributed by atoms with Crippen LogP contribution in [0.25, 0.3) is 10.9 Å². The zero-order valence-electron chi connectivity index (χ0n) is 12.3. The Bertz CT molecular complexity index is 792. The summed E-state index contributed by atoms with van der Waals surface area (Å²) in [5, 5.41) is 10.6. The van der Waals surface area contributed by atoms with E-state index in [4.69, 9.17) is 5.73 Å². The number of carbonyl (C=O) groups excluding carboxylic acids is 1. The van der Waals surface area contributed by atoms with Gasteiger partial charge in [0.05, 0.1) is 11.7 Å². The Kier molecular flexibility index (Phi) is 3.89. The van der Waals surface area contributed by atoms with Gasteiger partial charge in [-0.25, -0.2) is 0 Å². The zero-order valence-corrected chi connectivity index (χ0v) is 12.3. The number of aromatic nitrogens is 2. The molecule has 0 aliphatic carbocycles. The van der Waals surface area contributed by atoms with Crippen LogP contribution in [0.15, 0.2) is 48.7 Å². The van der Waals surface area contributed by atoms with Crippen molar-refractivity contribution in [3.05, 3.63) is 59.8 Å². The predicted molar refractivity (Wildman–Crippen MR) is 87.5 cm³/mol. The fourth-order valence-electron chi connectivity index (χ4n) is 2.35. The number of anilines is 1. The first-order valence-corrected chi connectivity index (χ1v) is 7.26. The number of H-pyrrole nitrogens is 1. The van der Waals surface area contributed by atoms with E-state index < -0.39 is 6.04 Å². The van der Waals surface area contributed by atoms with E-state index in [1.165, 1.54) is 5.56 Å². The third kappa shape index (κ3) is 2.84. The van der Waals surface area contributed by atoms with E-state index in [9.17, 15) is 4.79 Å². The lowest BCUT2D eigenvalue weighted by atomic mass is 10.0. The molecule has 0 spiro atoms. The highest BCUT2D eigenvalue weighted by atomic mass is 16.2. The van der Waals surface area contributed by atoms with Gasteiger partial charge >= 0.3 is 0 Å². The SMILES string of the molecule is CCc1ccc(C(N)C(=O)Nc2ccc3[nH]ncc3c2)cc1. The summed E-state index contributed by atoms with van der Waals surface area (Å²) in [6.07, 6.45) is 2.68. The van der Waals surface area contributed by atoms with Crippen molar-refractivity contribution in [2.45, 2.75) is 19.4 Å². The van der Waals surface area contributed by atoms with E-state index in [1.807, 2.05) is 42.5 Å². The Morgan fingerprint density at radius 2 is 2.05 bits per heavy atom. The van der Waals surface area contributed by atoms with Crippen LogP contribution < -0.4 is 11.1 Å². The van der Waals surface area contributed by atoms with Crippen molar-refractivity contribution >= 4 is 22.5 Å². The Hall–Kier alpha value is -2.66. The van der Waals surface area contributed by atoms with Gasteiger partial charge in [0, 0.05) is 11.1 Å². The highest BCUT2D eigenvalue weighted by Crippen LogP contribution is 2.19. The molecule has 5 heteroatoms. The molecule has 112 valence electrons. The highest BCUT2D eigenvalue weighted by molar-refractivity contribution is 5.97. The van der Waals surface area contributed by atoms with Crippen molar-refractivity contribution in [3.63, 3.8) is 0 Å². The van der Waals surface area contributed by atoms with Gasteiger partial charge < -0.3 is 11.1 Å². The molecule has 1 amide bonds. The van der Waals surface area contributed by atoms with Crippen molar-refractivity contribution in [2.24, 2.45) is 5.73 Å². The molecule has 3 aromatic rings. The van der Waals surface area contributed by atoms with Gasteiger partial charge in [-0.3, -0.25) is 9.89 Å². The second-order valence-electron chi connectivity index (χ2n) is 5.23. The van der Waals surface area contributed by atoms with Crippen LogP contribution in [0, 0.1) is 0 Å². The van der Waals surface area contributed by atoms with Crippen LogP contribution in [0.3, 0.4) is 0 Å². The smallest absolute Gasteiger partial charge is 0.245 e. The first kappa shape index (κ1) is 14.3. The van der Waals surface area contributed by atoms with E-state index in [2.05, 4.69) is 22.4 Å². The van der Waals surface area contributed by atoms with Crippen molar-refractivity contribution in [1.82, 2.24) is 10.2 Å². The molecule has 0 saturated heterocycles. The van der Waals surface area contributed by atoms with Gasteiger partial charge in [0.1, 0.15) is 6.04 Å². The molecule has 2 aromatic carbocycles. The van der Waals surface area contributed by atoms with Crippen molar-refractivity contribution in [1.29, 1.82) is 0 Å². The van der Waals surface area contributed by atoms with Crippen LogP contribution in [0.1, 0.15) is 24.1 Å². The molecule has 0 fully saturated rings. The van der Waals surface area contributed by atoms with E-state index in [1.54, 1.807) is 6.20 Å². The van der Waals surface area contributed by atoms with Gasteiger partial charge in [-0.1, -0.05) is 31.2 Å². The molecule has 4 N–H and O–H groups in total. The van der Waals surface area contributed by atoms with E-state index >= 15 is 0 Å². The predicted octanol–water partition coefficient (Wildman–Crippen LogP) is 2.76. The van der Waals surface area contributed by atoms with Crippen LogP contribution in [-0.2, 0) is 11.2 Å². The summed E-state index contributed by atoms with van der Waals surface area (Å²) >= 11 is 0. The zero-order chi connectivity index (χ0) is 15.5. The first-order valence-electron chi connectivity index (χ1n) is 7.26. The van der Waals surface area contributed by atoms with Crippen LogP contribution in [0.4, 0.5) is 5.69 Å². The topological polar surface area (TPSA) is 83.8 Å². The summed E-state index contributed by atoms with van der Waals surface area (Å²) < 4.78 is 0. The fraction of sp³-hybridized carbons (Fsp3) is 0.176. The molecule has 0 saturated carbocycles. The maximum Gasteiger partial charge on any atom is 0.245 e. The lowest BCUT2D eigenvalue weighted by molar-refractivity contribution is -0.117. The van der Waals surface area contributed by atoms with Crippen LogP contribution >= 0.6 is 0 Å². The Morgan fingerprint density at radius 3 is 2.77 bits per heavy atom. The summed E-state index contributed by atoms with van der Waals surface area (Å²) in [6, 6.07) is 12.7. The number of rotatable bonds is 4. The number of aromatic amines is 1. The van der Waals surface area contributed by atoms with E-state index in [0.717, 1.165) is 22.9 Å². The molecule has 0 radical (unpaired) electrons. The molecule has 1 aromatic heterocycles. The van der Waals surface area contributed by atoms with Crippen LogP contribution in [0.5, 0.6) is 0 Å².